The molecule has 0 bridgehead atoms. The summed E-state index contributed by atoms with van der Waals surface area (Å²) in [6, 6.07) is 0.389. The SMILES string of the molecule is CCC(CNCC(C)C)n1nc(C)c(Cl)c1C. The van der Waals surface area contributed by atoms with Gasteiger partial charge in [0.1, 0.15) is 0 Å². The second-order valence-corrected chi connectivity index (χ2v) is 5.42. The molecular formula is C13H24ClN3. The van der Waals surface area contributed by atoms with Crippen LogP contribution in [0.3, 0.4) is 0 Å². The van der Waals surface area contributed by atoms with E-state index < -0.39 is 0 Å². The third-order valence-electron chi connectivity index (χ3n) is 2.99. The van der Waals surface area contributed by atoms with Crippen LogP contribution in [-0.4, -0.2) is 22.9 Å². The highest BCUT2D eigenvalue weighted by atomic mass is 35.5. The zero-order chi connectivity index (χ0) is 13.0. The Hall–Kier alpha value is -0.540. The summed E-state index contributed by atoms with van der Waals surface area (Å²) in [7, 11) is 0. The topological polar surface area (TPSA) is 29.9 Å². The number of aryl methyl sites for hydroxylation is 1. The minimum absolute atomic E-state index is 0.389. The number of halogens is 1. The average molecular weight is 258 g/mol. The van der Waals surface area contributed by atoms with Gasteiger partial charge in [0.05, 0.1) is 22.5 Å². The summed E-state index contributed by atoms with van der Waals surface area (Å²) < 4.78 is 2.06. The standard InChI is InChI=1S/C13H24ClN3/c1-6-12(8-15-7-9(2)3)17-11(5)13(14)10(4)16-17/h9,12,15H,6-8H2,1-5H3. The Morgan fingerprint density at radius 1 is 1.29 bits per heavy atom. The van der Waals surface area contributed by atoms with Crippen LogP contribution in [0.5, 0.6) is 0 Å². The van der Waals surface area contributed by atoms with Gasteiger partial charge in [-0.25, -0.2) is 0 Å². The monoisotopic (exact) mass is 257 g/mol. The molecule has 4 heteroatoms. The van der Waals surface area contributed by atoms with Crippen molar-refractivity contribution in [3.05, 3.63) is 16.4 Å². The van der Waals surface area contributed by atoms with Crippen molar-refractivity contribution in [1.29, 1.82) is 0 Å². The van der Waals surface area contributed by atoms with Crippen molar-refractivity contribution in [3.63, 3.8) is 0 Å². The van der Waals surface area contributed by atoms with Gasteiger partial charge in [0, 0.05) is 6.54 Å². The first kappa shape index (κ1) is 14.5. The van der Waals surface area contributed by atoms with Crippen LogP contribution >= 0.6 is 11.6 Å². The number of nitrogens with one attached hydrogen (secondary N) is 1. The zero-order valence-electron chi connectivity index (χ0n) is 11.5. The lowest BCUT2D eigenvalue weighted by Crippen LogP contribution is -2.29. The maximum atomic E-state index is 6.18. The van der Waals surface area contributed by atoms with Crippen LogP contribution in [-0.2, 0) is 0 Å². The van der Waals surface area contributed by atoms with Crippen molar-refractivity contribution in [1.82, 2.24) is 15.1 Å². The molecule has 0 aliphatic rings. The van der Waals surface area contributed by atoms with Gasteiger partial charge in [-0.3, -0.25) is 4.68 Å². The highest BCUT2D eigenvalue weighted by Gasteiger charge is 2.16. The second-order valence-electron chi connectivity index (χ2n) is 5.04. The first-order chi connectivity index (χ1) is 7.97. The third kappa shape index (κ3) is 3.71. The average Bonchev–Trinajstić information content (AvgIpc) is 2.52. The fourth-order valence-corrected chi connectivity index (χ4v) is 2.07. The number of hydrogen-bond donors (Lipinski definition) is 1. The maximum absolute atomic E-state index is 6.18. The molecule has 1 aromatic rings. The summed E-state index contributed by atoms with van der Waals surface area (Å²) in [5.74, 6) is 0.677. The lowest BCUT2D eigenvalue weighted by molar-refractivity contribution is 0.392. The van der Waals surface area contributed by atoms with Crippen LogP contribution in [0.1, 0.15) is 44.6 Å². The predicted octanol–water partition coefficient (Wildman–Crippen LogP) is 3.35. The fourth-order valence-electron chi connectivity index (χ4n) is 1.94. The molecule has 1 unspecified atom stereocenters. The Labute approximate surface area is 110 Å². The summed E-state index contributed by atoms with van der Waals surface area (Å²) >= 11 is 6.18. The molecule has 0 aliphatic carbocycles. The molecule has 0 spiro atoms. The fraction of sp³-hybridized carbons (Fsp3) is 0.769. The van der Waals surface area contributed by atoms with Crippen molar-refractivity contribution in [2.75, 3.05) is 13.1 Å². The van der Waals surface area contributed by atoms with Crippen molar-refractivity contribution in [2.45, 2.75) is 47.1 Å². The Bertz CT molecular complexity index is 358. The molecule has 0 aliphatic heterocycles. The van der Waals surface area contributed by atoms with E-state index in [0.29, 0.717) is 12.0 Å². The summed E-state index contributed by atoms with van der Waals surface area (Å²) in [4.78, 5) is 0. The van der Waals surface area contributed by atoms with Crippen LogP contribution in [0.4, 0.5) is 0 Å². The van der Waals surface area contributed by atoms with E-state index in [1.54, 1.807) is 0 Å². The smallest absolute Gasteiger partial charge is 0.0844 e. The molecule has 0 fully saturated rings. The third-order valence-corrected chi connectivity index (χ3v) is 3.53. The van der Waals surface area contributed by atoms with Crippen molar-refractivity contribution in [2.24, 2.45) is 5.92 Å². The molecule has 1 atom stereocenters. The van der Waals surface area contributed by atoms with Gasteiger partial charge in [0.15, 0.2) is 0 Å². The summed E-state index contributed by atoms with van der Waals surface area (Å²) in [6.07, 6.45) is 1.06. The molecular weight excluding hydrogens is 234 g/mol. The van der Waals surface area contributed by atoms with Gasteiger partial charge in [-0.05, 0) is 32.7 Å². The molecule has 1 rings (SSSR count). The number of hydrogen-bond acceptors (Lipinski definition) is 2. The Kier molecular flexibility index (Phi) is 5.47. The predicted molar refractivity (Wildman–Crippen MR) is 73.7 cm³/mol. The van der Waals surface area contributed by atoms with Crippen LogP contribution in [0.25, 0.3) is 0 Å². The number of aromatic nitrogens is 2. The van der Waals surface area contributed by atoms with Gasteiger partial charge in [0.25, 0.3) is 0 Å². The molecule has 3 nitrogen and oxygen atoms in total. The zero-order valence-corrected chi connectivity index (χ0v) is 12.3. The first-order valence-corrected chi connectivity index (χ1v) is 6.77. The highest BCUT2D eigenvalue weighted by Crippen LogP contribution is 2.23. The summed E-state index contributed by atoms with van der Waals surface area (Å²) in [6.45, 7) is 12.6. The van der Waals surface area contributed by atoms with Gasteiger partial charge in [-0.2, -0.15) is 5.10 Å². The van der Waals surface area contributed by atoms with E-state index in [0.717, 1.165) is 35.9 Å². The second kappa shape index (κ2) is 6.41. The van der Waals surface area contributed by atoms with Crippen molar-refractivity contribution < 1.29 is 0 Å². The molecule has 98 valence electrons. The van der Waals surface area contributed by atoms with Gasteiger partial charge in [-0.15, -0.1) is 0 Å². The molecule has 0 saturated heterocycles. The Morgan fingerprint density at radius 3 is 2.35 bits per heavy atom. The molecule has 1 N–H and O–H groups in total. The van der Waals surface area contributed by atoms with E-state index in [4.69, 9.17) is 11.6 Å². The molecule has 0 saturated carbocycles. The Morgan fingerprint density at radius 2 is 1.94 bits per heavy atom. The summed E-state index contributed by atoms with van der Waals surface area (Å²) in [5, 5.41) is 8.81. The van der Waals surface area contributed by atoms with E-state index in [1.807, 2.05) is 13.8 Å². The quantitative estimate of drug-likeness (QED) is 0.847. The Balaban J connectivity index is 2.69. The van der Waals surface area contributed by atoms with Gasteiger partial charge in [0.2, 0.25) is 0 Å². The van der Waals surface area contributed by atoms with E-state index in [9.17, 15) is 0 Å². The van der Waals surface area contributed by atoms with Crippen molar-refractivity contribution in [3.8, 4) is 0 Å². The lowest BCUT2D eigenvalue weighted by atomic mass is 10.2. The molecule has 1 aromatic heterocycles. The van der Waals surface area contributed by atoms with E-state index in [1.165, 1.54) is 0 Å². The van der Waals surface area contributed by atoms with Gasteiger partial charge < -0.3 is 5.32 Å². The van der Waals surface area contributed by atoms with E-state index in [-0.39, 0.29) is 0 Å². The van der Waals surface area contributed by atoms with Crippen LogP contribution < -0.4 is 5.32 Å². The van der Waals surface area contributed by atoms with Crippen LogP contribution in [0.15, 0.2) is 0 Å². The molecule has 17 heavy (non-hydrogen) atoms. The van der Waals surface area contributed by atoms with Gasteiger partial charge in [-0.1, -0.05) is 32.4 Å². The highest BCUT2D eigenvalue weighted by molar-refractivity contribution is 6.31. The van der Waals surface area contributed by atoms with Crippen LogP contribution in [0, 0.1) is 19.8 Å². The number of nitrogens with zero attached hydrogens (tertiary/aromatic N) is 2. The maximum Gasteiger partial charge on any atom is 0.0844 e. The van der Waals surface area contributed by atoms with Gasteiger partial charge >= 0.3 is 0 Å². The normalized spacial score (nSPS) is 13.4. The largest absolute Gasteiger partial charge is 0.314 e. The molecule has 0 radical (unpaired) electrons. The summed E-state index contributed by atoms with van der Waals surface area (Å²) in [5.41, 5.74) is 1.99. The minimum atomic E-state index is 0.389. The number of rotatable bonds is 6. The van der Waals surface area contributed by atoms with E-state index >= 15 is 0 Å². The minimum Gasteiger partial charge on any atom is -0.314 e. The molecule has 1 heterocycles. The van der Waals surface area contributed by atoms with E-state index in [2.05, 4.69) is 35.9 Å². The molecule has 0 aromatic carbocycles. The van der Waals surface area contributed by atoms with Crippen LogP contribution in [0.2, 0.25) is 5.02 Å². The lowest BCUT2D eigenvalue weighted by Gasteiger charge is -2.19. The molecule has 0 amide bonds. The first-order valence-electron chi connectivity index (χ1n) is 6.39. The van der Waals surface area contributed by atoms with Crippen molar-refractivity contribution >= 4 is 11.6 Å².